The Balaban J connectivity index is 0.000000187. The predicted molar refractivity (Wildman–Crippen MR) is 366 cm³/mol. The monoisotopic (exact) mass is 1370 g/mol. The number of nitrogens with zero attached hydrogens (tertiary/aromatic N) is 12. The second-order valence-electron chi connectivity index (χ2n) is 27.2. The van der Waals surface area contributed by atoms with Crippen LogP contribution >= 0.6 is 27.5 Å². The zero-order chi connectivity index (χ0) is 66.6. The van der Waals surface area contributed by atoms with E-state index in [1.54, 1.807) is 40.2 Å². The van der Waals surface area contributed by atoms with Gasteiger partial charge in [-0.05, 0) is 134 Å². The van der Waals surface area contributed by atoms with Crippen LogP contribution in [0.15, 0.2) is 99.2 Å². The average Bonchev–Trinajstić information content (AvgIpc) is 1.59. The number of aryl methyl sites for hydroxylation is 2. The molecule has 6 aromatic heterocycles. The normalized spacial score (nSPS) is 18.1. The van der Waals surface area contributed by atoms with Crippen LogP contribution in [0.3, 0.4) is 0 Å². The van der Waals surface area contributed by atoms with Crippen LogP contribution in [0.2, 0.25) is 5.15 Å². The molecule has 2 saturated heterocycles. The van der Waals surface area contributed by atoms with Gasteiger partial charge in [0, 0.05) is 72.6 Å². The third kappa shape index (κ3) is 18.5. The van der Waals surface area contributed by atoms with Crippen LogP contribution in [0, 0.1) is 0 Å². The molecule has 2 atom stereocenters. The van der Waals surface area contributed by atoms with Gasteiger partial charge < -0.3 is 47.8 Å². The molecule has 4 aliphatic rings. The minimum atomic E-state index is -0.476. The van der Waals surface area contributed by atoms with E-state index in [0.717, 1.165) is 75.4 Å². The number of fused-ring (bicyclic) bond motifs is 2. The maximum absolute atomic E-state index is 13.0. The first-order valence-electron chi connectivity index (χ1n) is 30.7. The lowest BCUT2D eigenvalue weighted by Crippen LogP contribution is -2.41. The zero-order valence-electron chi connectivity index (χ0n) is 55.3. The third-order valence-corrected chi connectivity index (χ3v) is 17.2. The van der Waals surface area contributed by atoms with Gasteiger partial charge in [-0.15, -0.1) is 0 Å². The number of anilines is 4. The van der Waals surface area contributed by atoms with Crippen molar-refractivity contribution in [1.82, 2.24) is 59.8 Å². The lowest BCUT2D eigenvalue weighted by molar-refractivity contribution is 0.00578. The number of benzene rings is 2. The van der Waals surface area contributed by atoms with Crippen molar-refractivity contribution in [3.05, 3.63) is 130 Å². The van der Waals surface area contributed by atoms with Crippen LogP contribution in [0.1, 0.15) is 206 Å². The number of hydrogen-bond acceptors (Lipinski definition) is 22. The molecule has 0 spiro atoms. The molecule has 94 heavy (non-hydrogen) atoms. The highest BCUT2D eigenvalue weighted by Gasteiger charge is 2.63. The van der Waals surface area contributed by atoms with Crippen molar-refractivity contribution < 1.29 is 46.7 Å². The molecular formula is C66H90B2BrClN14O10. The molecule has 2 fully saturated rings. The highest BCUT2D eigenvalue weighted by molar-refractivity contribution is 9.10. The van der Waals surface area contributed by atoms with Crippen molar-refractivity contribution in [3.8, 4) is 22.8 Å². The van der Waals surface area contributed by atoms with Gasteiger partial charge in [0.05, 0.1) is 65.1 Å². The van der Waals surface area contributed by atoms with Gasteiger partial charge >= 0.3 is 14.0 Å². The summed E-state index contributed by atoms with van der Waals surface area (Å²) in [6.07, 6.45) is 14.6. The van der Waals surface area contributed by atoms with Crippen molar-refractivity contribution in [1.29, 1.82) is 0 Å². The number of hydrogen-bond donors (Lipinski definition) is 2. The summed E-state index contributed by atoms with van der Waals surface area (Å²) >= 11 is 9.17. The molecule has 0 aliphatic carbocycles. The molecule has 0 amide bonds. The molecule has 24 nitrogen and oxygen atoms in total. The fourth-order valence-electron chi connectivity index (χ4n) is 10.0. The van der Waals surface area contributed by atoms with E-state index in [1.807, 2.05) is 166 Å². The SMILES string of the molecule is C.C.CC(C)(C)c1nc(C(=O)CC2CCCOc3cc(Br)ccc32)no1.CC1(C)OB(B2OC(C)(C)C(C)(C)O2)OC1(C)C.Cn1cc(Nc2nccc(-c3ccc4c(c3)OCCCC4CC(=O)c3noc(C(C)(C)C)n3)n2)cn1.Cn1cc(Nc2nccc(Cl)n2)cn1. The van der Waals surface area contributed by atoms with Crippen LogP contribution in [0.25, 0.3) is 11.3 Å². The molecular weight excluding hydrogens is 1290 g/mol. The minimum Gasteiger partial charge on any atom is -0.493 e. The lowest BCUT2D eigenvalue weighted by atomic mass is 9.49. The van der Waals surface area contributed by atoms with Gasteiger partial charge in [-0.25, -0.2) is 19.9 Å². The first kappa shape index (κ1) is 74.0. The van der Waals surface area contributed by atoms with E-state index in [4.69, 9.17) is 48.7 Å². The van der Waals surface area contributed by atoms with E-state index in [1.165, 1.54) is 0 Å². The summed E-state index contributed by atoms with van der Waals surface area (Å²) in [5, 5.41) is 22.5. The van der Waals surface area contributed by atoms with Crippen LogP contribution in [0.5, 0.6) is 11.5 Å². The van der Waals surface area contributed by atoms with Crippen molar-refractivity contribution in [3.63, 3.8) is 0 Å². The van der Waals surface area contributed by atoms with Crippen LogP contribution < -0.4 is 20.1 Å². The Morgan fingerprint density at radius 3 is 1.45 bits per heavy atom. The van der Waals surface area contributed by atoms with Crippen molar-refractivity contribution in [2.75, 3.05) is 23.8 Å². The molecule has 2 aromatic carbocycles. The molecule has 2 unspecified atom stereocenters. The van der Waals surface area contributed by atoms with E-state index in [2.05, 4.69) is 77.0 Å². The van der Waals surface area contributed by atoms with Crippen LogP contribution in [-0.4, -0.2) is 121 Å². The maximum Gasteiger partial charge on any atom is 0.488 e. The van der Waals surface area contributed by atoms with E-state index in [-0.39, 0.29) is 83.1 Å². The summed E-state index contributed by atoms with van der Waals surface area (Å²) in [6, 6.07) is 15.5. The van der Waals surface area contributed by atoms with Gasteiger partial charge in [0.1, 0.15) is 16.7 Å². The number of halogens is 2. The number of rotatable bonds is 12. The molecule has 10 heterocycles. The summed E-state index contributed by atoms with van der Waals surface area (Å²) < 4.78 is 50.7. The smallest absolute Gasteiger partial charge is 0.488 e. The second-order valence-corrected chi connectivity index (χ2v) is 28.5. The predicted octanol–water partition coefficient (Wildman–Crippen LogP) is 14.6. The quantitative estimate of drug-likeness (QED) is 0.0653. The Bertz CT molecular complexity index is 3790. The summed E-state index contributed by atoms with van der Waals surface area (Å²) in [5.41, 5.74) is 3.38. The number of carbonyl (C=O) groups excluding carboxylic acids is 2. The van der Waals surface area contributed by atoms with E-state index in [9.17, 15) is 9.59 Å². The highest BCUT2D eigenvalue weighted by Crippen LogP contribution is 2.44. The van der Waals surface area contributed by atoms with E-state index >= 15 is 0 Å². The number of carbonyl (C=O) groups is 2. The topological polar surface area (TPSA) is 279 Å². The summed E-state index contributed by atoms with van der Waals surface area (Å²) in [6.45, 7) is 29.3. The van der Waals surface area contributed by atoms with Gasteiger partial charge in [0.15, 0.2) is 0 Å². The summed E-state index contributed by atoms with van der Waals surface area (Å²) in [5.74, 6) is 3.72. The summed E-state index contributed by atoms with van der Waals surface area (Å²) in [4.78, 5) is 51.2. The second kappa shape index (κ2) is 30.1. The number of ether oxygens (including phenoxy) is 2. The molecule has 0 saturated carbocycles. The maximum atomic E-state index is 13.0. The molecule has 504 valence electrons. The summed E-state index contributed by atoms with van der Waals surface area (Å²) in [7, 11) is 2.74. The third-order valence-electron chi connectivity index (χ3n) is 16.5. The van der Waals surface area contributed by atoms with Gasteiger partial charge in [-0.2, -0.15) is 20.2 Å². The van der Waals surface area contributed by atoms with Crippen LogP contribution in [-0.2, 0) is 43.5 Å². The van der Waals surface area contributed by atoms with Gasteiger partial charge in [-0.3, -0.25) is 19.0 Å². The van der Waals surface area contributed by atoms with Crippen molar-refractivity contribution in [2.45, 2.75) is 195 Å². The Hall–Kier alpha value is -7.42. The number of Topliss-reactive ketones (excluding diaryl/α,β-unsaturated/α-hetero) is 2. The fourth-order valence-corrected chi connectivity index (χ4v) is 10.5. The Morgan fingerprint density at radius 1 is 0.606 bits per heavy atom. The molecule has 2 N–H and O–H groups in total. The van der Waals surface area contributed by atoms with Crippen LogP contribution in [0.4, 0.5) is 23.3 Å². The number of nitrogens with one attached hydrogen (secondary N) is 2. The van der Waals surface area contributed by atoms with E-state index < -0.39 is 14.0 Å². The van der Waals surface area contributed by atoms with Crippen molar-refractivity contribution in [2.24, 2.45) is 14.1 Å². The number of ketones is 2. The Kier molecular flexibility index (Phi) is 23.7. The first-order valence-corrected chi connectivity index (χ1v) is 31.9. The lowest BCUT2D eigenvalue weighted by Gasteiger charge is -2.32. The molecule has 4 aliphatic heterocycles. The van der Waals surface area contributed by atoms with Gasteiger partial charge in [-0.1, -0.05) is 112 Å². The van der Waals surface area contributed by atoms with Crippen molar-refractivity contribution >= 4 is 76.4 Å². The average molecular weight is 1380 g/mol. The standard InChI is InChI=1S/C26H29N7O3.C18H21BrN2O3.C12H24B2O4.C8H8ClN5.2CH4/c1-26(2,3)24-31-23(32-36-24)21(34)12-16-6-5-11-35-22-13-17(7-8-19(16)22)20-9-10-27-25(30-20)29-18-14-28-33(4)15-18;1-18(2,3)17-20-16(21-24-17)14(22)9-11-5-4-8-23-15-10-12(19)6-7-13(11)15;1-9(2)10(3,4)16-13(15-9)14-17-11(5,6)12(7,8)18-14;1-14-5-6(4-11-14)12-8-10-3-2-7(9)13-8;;/h7-10,13-16H,5-6,11-12H2,1-4H3,(H,27,29,30);6-7,10-11H,4-5,8-9H2,1-3H3;1-8H3;2-5H,1H3,(H,10,12,13);2*1H4. The highest BCUT2D eigenvalue weighted by atomic mass is 79.9. The molecule has 0 bridgehead atoms. The largest absolute Gasteiger partial charge is 0.493 e. The molecule has 28 heteroatoms. The zero-order valence-corrected chi connectivity index (χ0v) is 57.6. The van der Waals surface area contributed by atoms with E-state index in [0.29, 0.717) is 54.9 Å². The van der Waals surface area contributed by atoms with Gasteiger partial charge in [0.25, 0.3) is 0 Å². The first-order chi connectivity index (χ1) is 43.2. The fraction of sp³-hybridized carbons (Fsp3) is 0.515. The molecule has 8 aromatic rings. The molecule has 0 radical (unpaired) electrons. The van der Waals surface area contributed by atoms with Gasteiger partial charge in [0.2, 0.25) is 46.9 Å². The molecule has 12 rings (SSSR count). The minimum absolute atomic E-state index is 0. The Morgan fingerprint density at radius 2 is 1.03 bits per heavy atom. The number of aromatic nitrogens is 12. The Labute approximate surface area is 565 Å².